The Morgan fingerprint density at radius 2 is 2.21 bits per heavy atom. The topological polar surface area (TPSA) is 60.1 Å². The van der Waals surface area contributed by atoms with E-state index in [9.17, 15) is 10.4 Å². The van der Waals surface area contributed by atoms with Gasteiger partial charge in [-0.05, 0) is 24.5 Å². The molecule has 1 aromatic carbocycles. The van der Waals surface area contributed by atoms with E-state index in [0.717, 1.165) is 28.4 Å². The van der Waals surface area contributed by atoms with E-state index in [0.29, 0.717) is 0 Å². The number of hydrogen-bond acceptors (Lipinski definition) is 5. The van der Waals surface area contributed by atoms with Crippen LogP contribution in [0.1, 0.15) is 36.6 Å². The van der Waals surface area contributed by atoms with Crippen molar-refractivity contribution in [1.82, 2.24) is 4.98 Å². The summed E-state index contributed by atoms with van der Waals surface area (Å²) in [4.78, 5) is 6.58. The molecule has 4 nitrogen and oxygen atoms in total. The van der Waals surface area contributed by atoms with Gasteiger partial charge in [-0.1, -0.05) is 43.3 Å². The third kappa shape index (κ3) is 2.72. The summed E-state index contributed by atoms with van der Waals surface area (Å²) < 4.78 is 0. The fourth-order valence-corrected chi connectivity index (χ4v) is 4.37. The zero-order valence-corrected chi connectivity index (χ0v) is 14.7. The molecule has 2 aromatic rings. The van der Waals surface area contributed by atoms with Crippen molar-refractivity contribution in [1.29, 1.82) is 5.26 Å². The predicted molar refractivity (Wildman–Crippen MR) is 98.1 cm³/mol. The molecular formula is C19H21N3OS. The lowest BCUT2D eigenvalue weighted by Crippen LogP contribution is -2.63. The summed E-state index contributed by atoms with van der Waals surface area (Å²) in [6.45, 7) is 4.06. The summed E-state index contributed by atoms with van der Waals surface area (Å²) in [7, 11) is 0. The van der Waals surface area contributed by atoms with Gasteiger partial charge in [0.05, 0.1) is 24.4 Å². The van der Waals surface area contributed by atoms with Crippen LogP contribution in [-0.2, 0) is 6.42 Å². The molecule has 1 aliphatic rings. The maximum atomic E-state index is 9.96. The monoisotopic (exact) mass is 339 g/mol. The van der Waals surface area contributed by atoms with Gasteiger partial charge in [0, 0.05) is 11.3 Å². The number of aliphatic hydroxyl groups is 1. The highest BCUT2D eigenvalue weighted by Gasteiger charge is 2.50. The molecular weight excluding hydrogens is 318 g/mol. The Hall–Kier alpha value is -2.16. The lowest BCUT2D eigenvalue weighted by molar-refractivity contribution is 0.187. The lowest BCUT2D eigenvalue weighted by Gasteiger charge is -2.52. The van der Waals surface area contributed by atoms with Crippen molar-refractivity contribution in [2.45, 2.75) is 38.3 Å². The van der Waals surface area contributed by atoms with Crippen LogP contribution in [0.15, 0.2) is 35.7 Å². The van der Waals surface area contributed by atoms with E-state index in [1.165, 1.54) is 0 Å². The Bertz CT molecular complexity index is 777. The molecule has 0 spiro atoms. The number of allylic oxidation sites excluding steroid dienone is 1. The molecule has 0 amide bonds. The summed E-state index contributed by atoms with van der Waals surface area (Å²) in [5.74, 6) is -0.0126. The van der Waals surface area contributed by atoms with Gasteiger partial charge < -0.3 is 10.0 Å². The second kappa shape index (κ2) is 7.16. The van der Waals surface area contributed by atoms with Crippen molar-refractivity contribution in [2.24, 2.45) is 0 Å². The highest BCUT2D eigenvalue weighted by molar-refractivity contribution is 7.13. The molecule has 1 N–H and O–H groups in total. The fourth-order valence-electron chi connectivity index (χ4n) is 3.37. The Morgan fingerprint density at radius 3 is 2.83 bits per heavy atom. The number of rotatable bonds is 5. The van der Waals surface area contributed by atoms with E-state index >= 15 is 0 Å². The van der Waals surface area contributed by atoms with Crippen LogP contribution in [0, 0.1) is 11.3 Å². The molecule has 5 heteroatoms. The fraction of sp³-hybridized carbons (Fsp3) is 0.368. The second-order valence-electron chi connectivity index (χ2n) is 5.86. The van der Waals surface area contributed by atoms with E-state index in [4.69, 9.17) is 0 Å². The average Bonchev–Trinajstić information content (AvgIpc) is 3.05. The molecule has 3 rings (SSSR count). The molecule has 0 aliphatic carbocycles. The van der Waals surface area contributed by atoms with Crippen LogP contribution in [0.5, 0.6) is 0 Å². The quantitative estimate of drug-likeness (QED) is 0.904. The number of anilines is 1. The van der Waals surface area contributed by atoms with Crippen LogP contribution in [-0.4, -0.2) is 28.8 Å². The van der Waals surface area contributed by atoms with Gasteiger partial charge in [0.1, 0.15) is 6.04 Å². The van der Waals surface area contributed by atoms with Crippen LogP contribution >= 0.6 is 11.3 Å². The van der Waals surface area contributed by atoms with E-state index < -0.39 is 0 Å². The predicted octanol–water partition coefficient (Wildman–Crippen LogP) is 3.60. The van der Waals surface area contributed by atoms with E-state index in [-0.39, 0.29) is 24.6 Å². The van der Waals surface area contributed by atoms with Crippen LogP contribution in [0.3, 0.4) is 0 Å². The molecule has 0 radical (unpaired) electrons. The summed E-state index contributed by atoms with van der Waals surface area (Å²) in [5, 5.41) is 22.5. The van der Waals surface area contributed by atoms with Crippen molar-refractivity contribution in [3.8, 4) is 6.07 Å². The number of nitriles is 1. The number of aliphatic hydroxyl groups excluding tert-OH is 1. The van der Waals surface area contributed by atoms with Gasteiger partial charge in [0.25, 0.3) is 0 Å². The van der Waals surface area contributed by atoms with Gasteiger partial charge in [-0.2, -0.15) is 5.26 Å². The minimum Gasteiger partial charge on any atom is -0.394 e. The van der Waals surface area contributed by atoms with Crippen molar-refractivity contribution in [2.75, 3.05) is 11.5 Å². The molecule has 2 heterocycles. The molecule has 0 bridgehead atoms. The first kappa shape index (κ1) is 16.7. The molecule has 124 valence electrons. The molecule has 3 atom stereocenters. The first-order valence-electron chi connectivity index (χ1n) is 8.20. The Kier molecular flexibility index (Phi) is 4.98. The molecule has 24 heavy (non-hydrogen) atoms. The van der Waals surface area contributed by atoms with Crippen LogP contribution in [0.25, 0.3) is 6.08 Å². The average molecular weight is 339 g/mol. The molecule has 0 unspecified atom stereocenters. The number of aryl methyl sites for hydroxylation is 1. The summed E-state index contributed by atoms with van der Waals surface area (Å²) in [6.07, 6.45) is 4.93. The highest BCUT2D eigenvalue weighted by atomic mass is 32.1. The SMILES string of the molecule is C/C=C/c1ccccc1[C@H]1[C@@H](CO)N(c2nc(CC)cs2)[C@H]1C#N. The second-order valence-corrected chi connectivity index (χ2v) is 6.70. The van der Waals surface area contributed by atoms with Crippen molar-refractivity contribution >= 4 is 22.5 Å². The van der Waals surface area contributed by atoms with Gasteiger partial charge in [-0.15, -0.1) is 11.3 Å². The van der Waals surface area contributed by atoms with E-state index in [1.54, 1.807) is 11.3 Å². The maximum absolute atomic E-state index is 9.96. The van der Waals surface area contributed by atoms with Gasteiger partial charge in [0.15, 0.2) is 5.13 Å². The van der Waals surface area contributed by atoms with Crippen LogP contribution in [0.4, 0.5) is 5.13 Å². The van der Waals surface area contributed by atoms with Gasteiger partial charge in [0.2, 0.25) is 0 Å². The van der Waals surface area contributed by atoms with E-state index in [2.05, 4.69) is 36.2 Å². The van der Waals surface area contributed by atoms with Gasteiger partial charge >= 0.3 is 0 Å². The van der Waals surface area contributed by atoms with Crippen molar-refractivity contribution < 1.29 is 5.11 Å². The minimum atomic E-state index is -0.301. The third-order valence-corrected chi connectivity index (χ3v) is 5.46. The molecule has 0 saturated carbocycles. The largest absolute Gasteiger partial charge is 0.394 e. The molecule has 1 fully saturated rings. The first-order chi connectivity index (χ1) is 11.7. The Balaban J connectivity index is 1.97. The number of hydrogen-bond donors (Lipinski definition) is 1. The summed E-state index contributed by atoms with van der Waals surface area (Å²) in [6, 6.07) is 10.1. The zero-order valence-electron chi connectivity index (χ0n) is 13.9. The number of benzene rings is 1. The zero-order chi connectivity index (χ0) is 17.1. The summed E-state index contributed by atoms with van der Waals surface area (Å²) >= 11 is 1.55. The third-order valence-electron chi connectivity index (χ3n) is 4.56. The molecule has 1 aliphatic heterocycles. The maximum Gasteiger partial charge on any atom is 0.186 e. The standard InChI is InChI=1S/C19H21N3OS/c1-3-7-13-8-5-6-9-15(13)18-16(10-20)22(17(18)11-23)19-21-14(4-2)12-24-19/h3,5-9,12,16-18,23H,4,11H2,1-2H3/b7-3+/t16-,17+,18+/m0/s1. The smallest absolute Gasteiger partial charge is 0.186 e. The molecule has 1 saturated heterocycles. The normalized spacial score (nSPS) is 23.2. The number of aromatic nitrogens is 1. The van der Waals surface area contributed by atoms with Crippen LogP contribution in [0.2, 0.25) is 0 Å². The summed E-state index contributed by atoms with van der Waals surface area (Å²) in [5.41, 5.74) is 3.25. The first-order valence-corrected chi connectivity index (χ1v) is 9.07. The van der Waals surface area contributed by atoms with Crippen molar-refractivity contribution in [3.05, 3.63) is 52.5 Å². The highest BCUT2D eigenvalue weighted by Crippen LogP contribution is 2.45. The minimum absolute atomic E-state index is 0.00799. The van der Waals surface area contributed by atoms with E-state index in [1.807, 2.05) is 35.4 Å². The van der Waals surface area contributed by atoms with Crippen molar-refractivity contribution in [3.63, 3.8) is 0 Å². The Labute approximate surface area is 146 Å². The Morgan fingerprint density at radius 1 is 1.42 bits per heavy atom. The van der Waals surface area contributed by atoms with Gasteiger partial charge in [-0.25, -0.2) is 4.98 Å². The number of thiazole rings is 1. The van der Waals surface area contributed by atoms with Gasteiger partial charge in [-0.3, -0.25) is 0 Å². The van der Waals surface area contributed by atoms with Crippen LogP contribution < -0.4 is 4.90 Å². The lowest BCUT2D eigenvalue weighted by atomic mass is 9.74. The number of nitrogens with zero attached hydrogens (tertiary/aromatic N) is 3. The molecule has 1 aromatic heterocycles.